The molecule has 1 aromatic rings. The Balaban J connectivity index is 2.10. The molecule has 0 unspecified atom stereocenters. The topological polar surface area (TPSA) is 29.5 Å². The lowest BCUT2D eigenvalue weighted by Gasteiger charge is -2.53. The first-order valence-electron chi connectivity index (χ1n) is 5.15. The van der Waals surface area contributed by atoms with Crippen molar-refractivity contribution in [1.82, 2.24) is 0 Å². The van der Waals surface area contributed by atoms with Crippen molar-refractivity contribution in [3.8, 4) is 5.75 Å². The highest BCUT2D eigenvalue weighted by Crippen LogP contribution is 2.56. The van der Waals surface area contributed by atoms with Gasteiger partial charge in [-0.2, -0.15) is 0 Å². The van der Waals surface area contributed by atoms with E-state index in [4.69, 9.17) is 4.74 Å². The molecule has 1 saturated carbocycles. The molecule has 3 rings (SSSR count). The molecular weight excluding hydrogens is 176 g/mol. The van der Waals surface area contributed by atoms with Crippen LogP contribution in [0, 0.1) is 5.41 Å². The second-order valence-corrected chi connectivity index (χ2v) is 4.59. The van der Waals surface area contributed by atoms with Crippen LogP contribution < -0.4 is 4.74 Å². The van der Waals surface area contributed by atoms with Gasteiger partial charge in [0.05, 0.1) is 6.10 Å². The van der Waals surface area contributed by atoms with E-state index in [1.165, 1.54) is 0 Å². The Morgan fingerprint density at radius 3 is 2.93 bits per heavy atom. The minimum atomic E-state index is -0.355. The summed E-state index contributed by atoms with van der Waals surface area (Å²) in [5.41, 5.74) is 0.903. The normalized spacial score (nSPS) is 39.0. The zero-order valence-corrected chi connectivity index (χ0v) is 8.23. The van der Waals surface area contributed by atoms with Gasteiger partial charge in [0, 0.05) is 11.0 Å². The summed E-state index contributed by atoms with van der Waals surface area (Å²) in [4.78, 5) is 0. The van der Waals surface area contributed by atoms with Crippen LogP contribution in [0.5, 0.6) is 5.75 Å². The summed E-state index contributed by atoms with van der Waals surface area (Å²) in [5, 5.41) is 10.2. The summed E-state index contributed by atoms with van der Waals surface area (Å²) in [7, 11) is 0. The molecule has 1 aromatic carbocycles. The van der Waals surface area contributed by atoms with Crippen molar-refractivity contribution in [2.24, 2.45) is 5.41 Å². The molecule has 2 aliphatic rings. The number of fused-ring (bicyclic) bond motifs is 2. The Hall–Kier alpha value is -1.02. The van der Waals surface area contributed by atoms with Crippen molar-refractivity contribution in [2.75, 3.05) is 0 Å². The molecule has 14 heavy (non-hydrogen) atoms. The van der Waals surface area contributed by atoms with E-state index in [0.717, 1.165) is 24.2 Å². The molecule has 1 aliphatic heterocycles. The highest BCUT2D eigenvalue weighted by Gasteiger charge is 2.53. The quantitative estimate of drug-likeness (QED) is 0.680. The molecule has 1 fully saturated rings. The van der Waals surface area contributed by atoms with Crippen molar-refractivity contribution >= 4 is 0 Å². The lowest BCUT2D eigenvalue weighted by Crippen LogP contribution is -2.52. The summed E-state index contributed by atoms with van der Waals surface area (Å²) < 4.78 is 5.84. The van der Waals surface area contributed by atoms with E-state index in [1.807, 2.05) is 24.3 Å². The van der Waals surface area contributed by atoms with Crippen molar-refractivity contribution < 1.29 is 9.84 Å². The first kappa shape index (κ1) is 8.30. The molecule has 1 aliphatic carbocycles. The Labute approximate surface area is 83.5 Å². The average molecular weight is 190 g/mol. The Morgan fingerprint density at radius 2 is 2.21 bits per heavy atom. The number of benzene rings is 1. The van der Waals surface area contributed by atoms with E-state index in [2.05, 4.69) is 6.92 Å². The third-order valence-electron chi connectivity index (χ3n) is 3.79. The monoisotopic (exact) mass is 190 g/mol. The van der Waals surface area contributed by atoms with Crippen LogP contribution in [0.25, 0.3) is 0 Å². The first-order chi connectivity index (χ1) is 6.72. The number of ether oxygens (including phenoxy) is 1. The van der Waals surface area contributed by atoms with Gasteiger partial charge in [-0.05, 0) is 18.9 Å². The number of hydrogen-bond donors (Lipinski definition) is 1. The third-order valence-corrected chi connectivity index (χ3v) is 3.79. The van der Waals surface area contributed by atoms with Gasteiger partial charge in [0.15, 0.2) is 0 Å². The van der Waals surface area contributed by atoms with Gasteiger partial charge in [-0.1, -0.05) is 25.1 Å². The van der Waals surface area contributed by atoms with Crippen LogP contribution in [0.1, 0.15) is 31.4 Å². The van der Waals surface area contributed by atoms with Crippen molar-refractivity contribution in [1.29, 1.82) is 0 Å². The van der Waals surface area contributed by atoms with Gasteiger partial charge >= 0.3 is 0 Å². The molecule has 0 saturated heterocycles. The van der Waals surface area contributed by atoms with E-state index < -0.39 is 0 Å². The SMILES string of the molecule is C[C@]12CC[C@H]1Oc1ccccc1[C@H]2O. The van der Waals surface area contributed by atoms with Crippen LogP contribution in [0.3, 0.4) is 0 Å². The van der Waals surface area contributed by atoms with E-state index in [9.17, 15) is 5.11 Å². The largest absolute Gasteiger partial charge is 0.489 e. The van der Waals surface area contributed by atoms with E-state index in [-0.39, 0.29) is 17.6 Å². The van der Waals surface area contributed by atoms with Gasteiger partial charge in [0.25, 0.3) is 0 Å². The van der Waals surface area contributed by atoms with Crippen LogP contribution in [0.2, 0.25) is 0 Å². The van der Waals surface area contributed by atoms with Crippen LogP contribution in [0.15, 0.2) is 24.3 Å². The second-order valence-electron chi connectivity index (χ2n) is 4.59. The summed E-state index contributed by atoms with van der Waals surface area (Å²) in [5.74, 6) is 0.863. The second kappa shape index (κ2) is 2.51. The van der Waals surface area contributed by atoms with Gasteiger partial charge < -0.3 is 9.84 Å². The third kappa shape index (κ3) is 0.845. The molecule has 1 heterocycles. The lowest BCUT2D eigenvalue weighted by molar-refractivity contribution is -0.134. The van der Waals surface area contributed by atoms with E-state index in [0.29, 0.717) is 0 Å². The maximum absolute atomic E-state index is 10.2. The number of para-hydroxylation sites is 1. The van der Waals surface area contributed by atoms with E-state index in [1.54, 1.807) is 0 Å². The first-order valence-corrected chi connectivity index (χ1v) is 5.15. The maximum atomic E-state index is 10.2. The molecule has 0 radical (unpaired) electrons. The zero-order chi connectivity index (χ0) is 9.76. The predicted octanol–water partition coefficient (Wildman–Crippen LogP) is 2.28. The van der Waals surface area contributed by atoms with Crippen LogP contribution in [-0.4, -0.2) is 11.2 Å². The fraction of sp³-hybridized carbons (Fsp3) is 0.500. The predicted molar refractivity (Wildman–Crippen MR) is 53.2 cm³/mol. The Bertz CT molecular complexity index is 374. The average Bonchev–Trinajstić information content (AvgIpc) is 2.21. The highest BCUT2D eigenvalue weighted by atomic mass is 16.5. The molecule has 0 spiro atoms. The Kier molecular flexibility index (Phi) is 1.49. The molecular formula is C12H14O2. The summed E-state index contributed by atoms with van der Waals surface area (Å²) in [6.45, 7) is 2.11. The van der Waals surface area contributed by atoms with Gasteiger partial charge in [0.1, 0.15) is 11.9 Å². The van der Waals surface area contributed by atoms with Crippen molar-refractivity contribution in [3.63, 3.8) is 0 Å². The minimum absolute atomic E-state index is 0.0473. The highest BCUT2D eigenvalue weighted by molar-refractivity contribution is 5.39. The molecule has 0 amide bonds. The molecule has 3 atom stereocenters. The zero-order valence-electron chi connectivity index (χ0n) is 8.23. The summed E-state index contributed by atoms with van der Waals surface area (Å²) in [6, 6.07) is 7.80. The van der Waals surface area contributed by atoms with Gasteiger partial charge in [-0.15, -0.1) is 0 Å². The molecule has 2 heteroatoms. The van der Waals surface area contributed by atoms with Crippen LogP contribution in [-0.2, 0) is 0 Å². The molecule has 2 nitrogen and oxygen atoms in total. The Morgan fingerprint density at radius 1 is 1.43 bits per heavy atom. The van der Waals surface area contributed by atoms with Gasteiger partial charge in [-0.3, -0.25) is 0 Å². The molecule has 0 aromatic heterocycles. The van der Waals surface area contributed by atoms with Crippen LogP contribution >= 0.6 is 0 Å². The number of hydrogen-bond acceptors (Lipinski definition) is 2. The number of aliphatic hydroxyl groups is 1. The summed E-state index contributed by atoms with van der Waals surface area (Å²) >= 11 is 0. The minimum Gasteiger partial charge on any atom is -0.489 e. The molecule has 0 bridgehead atoms. The van der Waals surface area contributed by atoms with Crippen molar-refractivity contribution in [3.05, 3.63) is 29.8 Å². The standard InChI is InChI=1S/C12H14O2/c1-12-7-6-10(12)14-9-5-3-2-4-8(9)11(12)13/h2-5,10-11,13H,6-7H2,1H3/t10-,11-,12+/m1/s1. The van der Waals surface area contributed by atoms with Crippen LogP contribution in [0.4, 0.5) is 0 Å². The smallest absolute Gasteiger partial charge is 0.125 e. The van der Waals surface area contributed by atoms with Gasteiger partial charge in [0.2, 0.25) is 0 Å². The van der Waals surface area contributed by atoms with E-state index >= 15 is 0 Å². The number of rotatable bonds is 0. The fourth-order valence-corrected chi connectivity index (χ4v) is 2.55. The lowest BCUT2D eigenvalue weighted by atomic mass is 9.61. The molecule has 1 N–H and O–H groups in total. The number of aliphatic hydroxyl groups excluding tert-OH is 1. The maximum Gasteiger partial charge on any atom is 0.125 e. The van der Waals surface area contributed by atoms with Crippen molar-refractivity contribution in [2.45, 2.75) is 32.0 Å². The molecule has 74 valence electrons. The summed E-state index contributed by atoms with van der Waals surface area (Å²) in [6.07, 6.45) is 1.99. The fourth-order valence-electron chi connectivity index (χ4n) is 2.55. The van der Waals surface area contributed by atoms with Gasteiger partial charge in [-0.25, -0.2) is 0 Å².